The van der Waals surface area contributed by atoms with E-state index in [0.29, 0.717) is 30.5 Å². The minimum Gasteiger partial charge on any atom is -0.398 e. The van der Waals surface area contributed by atoms with Crippen molar-refractivity contribution in [3.05, 3.63) is 22.7 Å². The number of halogens is 1. The third-order valence-corrected chi connectivity index (χ3v) is 5.23. The molecule has 1 fully saturated rings. The summed E-state index contributed by atoms with van der Waals surface area (Å²) in [6.45, 7) is 0.805. The molecule has 6 nitrogen and oxygen atoms in total. The molecule has 0 radical (unpaired) electrons. The summed E-state index contributed by atoms with van der Waals surface area (Å²) in [6, 6.07) is 4.62. The molecule has 8 heteroatoms. The molecule has 1 heterocycles. The van der Waals surface area contributed by atoms with E-state index in [0.717, 1.165) is 0 Å². The molecule has 0 amide bonds. The van der Waals surface area contributed by atoms with Gasteiger partial charge in [0, 0.05) is 37.1 Å². The number of nitrogens with one attached hydrogen (secondary N) is 1. The number of sulfonamides is 1. The summed E-state index contributed by atoms with van der Waals surface area (Å²) in [5.74, 6) is 0. The van der Waals surface area contributed by atoms with E-state index in [1.165, 1.54) is 12.1 Å². The van der Waals surface area contributed by atoms with Crippen LogP contribution in [0.2, 0.25) is 0 Å². The highest BCUT2D eigenvalue weighted by Gasteiger charge is 2.31. The Hall–Kier alpha value is -0.670. The lowest BCUT2D eigenvalue weighted by Crippen LogP contribution is -2.46. The molecule has 0 unspecified atom stereocenters. The summed E-state index contributed by atoms with van der Waals surface area (Å²) < 4.78 is 32.7. The van der Waals surface area contributed by atoms with Crippen molar-refractivity contribution < 1.29 is 18.3 Å². The highest BCUT2D eigenvalue weighted by molar-refractivity contribution is 9.10. The summed E-state index contributed by atoms with van der Waals surface area (Å²) >= 11 is 3.21. The van der Waals surface area contributed by atoms with E-state index in [2.05, 4.69) is 20.7 Å². The van der Waals surface area contributed by atoms with Crippen LogP contribution in [0.3, 0.4) is 0 Å². The van der Waals surface area contributed by atoms with Gasteiger partial charge in [-0.1, -0.05) is 15.9 Å². The summed E-state index contributed by atoms with van der Waals surface area (Å²) in [5.41, 5.74) is 4.80. The molecule has 4 N–H and O–H groups in total. The standard InChI is InChI=1S/C12H17BrN2O4S/c13-9-1-2-10(14)11(7-9)20(17,18)15-8-12(16)3-5-19-6-4-12/h1-2,7,15-16H,3-6,8,14H2. The van der Waals surface area contributed by atoms with Crippen LogP contribution in [0, 0.1) is 0 Å². The van der Waals surface area contributed by atoms with Crippen LogP contribution in [0.15, 0.2) is 27.6 Å². The first kappa shape index (κ1) is 15.7. The number of ether oxygens (including phenoxy) is 1. The average molecular weight is 365 g/mol. The lowest BCUT2D eigenvalue weighted by Gasteiger charge is -2.32. The molecule has 1 aliphatic rings. The molecule has 0 saturated carbocycles. The maximum absolute atomic E-state index is 12.2. The molecule has 1 aromatic carbocycles. The van der Waals surface area contributed by atoms with Crippen molar-refractivity contribution in [1.82, 2.24) is 4.72 Å². The van der Waals surface area contributed by atoms with Crippen molar-refractivity contribution in [3.63, 3.8) is 0 Å². The molecule has 112 valence electrons. The van der Waals surface area contributed by atoms with Gasteiger partial charge in [0.05, 0.1) is 11.3 Å². The number of anilines is 1. The van der Waals surface area contributed by atoms with Gasteiger partial charge in [-0.05, 0) is 18.2 Å². The van der Waals surface area contributed by atoms with E-state index >= 15 is 0 Å². The Bertz CT molecular complexity index is 585. The summed E-state index contributed by atoms with van der Waals surface area (Å²) in [6.07, 6.45) is 0.812. The molecule has 1 aromatic rings. The first-order chi connectivity index (χ1) is 9.32. The van der Waals surface area contributed by atoms with Gasteiger partial charge in [-0.15, -0.1) is 0 Å². The molecular weight excluding hydrogens is 348 g/mol. The third-order valence-electron chi connectivity index (χ3n) is 3.28. The molecule has 2 rings (SSSR count). The van der Waals surface area contributed by atoms with Gasteiger partial charge in [-0.3, -0.25) is 0 Å². The molecule has 0 aromatic heterocycles. The molecule has 0 spiro atoms. The monoisotopic (exact) mass is 364 g/mol. The summed E-state index contributed by atoms with van der Waals surface area (Å²) in [7, 11) is -3.76. The first-order valence-electron chi connectivity index (χ1n) is 6.17. The summed E-state index contributed by atoms with van der Waals surface area (Å²) in [4.78, 5) is 0.00235. The Morgan fingerprint density at radius 3 is 2.70 bits per heavy atom. The fourth-order valence-corrected chi connectivity index (χ4v) is 3.76. The molecule has 20 heavy (non-hydrogen) atoms. The second-order valence-corrected chi connectivity index (χ2v) is 7.49. The SMILES string of the molecule is Nc1ccc(Br)cc1S(=O)(=O)NCC1(O)CCOCC1. The number of hydrogen-bond donors (Lipinski definition) is 3. The lowest BCUT2D eigenvalue weighted by molar-refractivity contribution is -0.0588. The van der Waals surface area contributed by atoms with E-state index in [4.69, 9.17) is 10.5 Å². The van der Waals surface area contributed by atoms with E-state index in [1.54, 1.807) is 6.07 Å². The zero-order chi connectivity index (χ0) is 14.8. The Kier molecular flexibility index (Phi) is 4.70. The average Bonchev–Trinajstić information content (AvgIpc) is 2.40. The molecule has 1 aliphatic heterocycles. The zero-order valence-electron chi connectivity index (χ0n) is 10.8. The second kappa shape index (κ2) is 5.98. The van der Waals surface area contributed by atoms with Gasteiger partial charge in [0.1, 0.15) is 4.90 Å². The van der Waals surface area contributed by atoms with Gasteiger partial charge in [0.25, 0.3) is 0 Å². The Balaban J connectivity index is 2.13. The van der Waals surface area contributed by atoms with Crippen LogP contribution < -0.4 is 10.5 Å². The van der Waals surface area contributed by atoms with Crippen LogP contribution in [-0.4, -0.2) is 38.9 Å². The van der Waals surface area contributed by atoms with Crippen molar-refractivity contribution in [2.75, 3.05) is 25.5 Å². The highest BCUT2D eigenvalue weighted by Crippen LogP contribution is 2.24. The van der Waals surface area contributed by atoms with Crippen LogP contribution >= 0.6 is 15.9 Å². The quantitative estimate of drug-likeness (QED) is 0.687. The van der Waals surface area contributed by atoms with Crippen LogP contribution in [0.5, 0.6) is 0 Å². The molecule has 0 atom stereocenters. The predicted octanol–water partition coefficient (Wildman–Crippen LogP) is 0.851. The van der Waals surface area contributed by atoms with Crippen molar-refractivity contribution in [2.24, 2.45) is 0 Å². The Morgan fingerprint density at radius 2 is 2.05 bits per heavy atom. The molecule has 1 saturated heterocycles. The maximum atomic E-state index is 12.2. The van der Waals surface area contributed by atoms with Crippen molar-refractivity contribution >= 4 is 31.6 Å². The largest absolute Gasteiger partial charge is 0.398 e. The van der Waals surface area contributed by atoms with Crippen molar-refractivity contribution in [1.29, 1.82) is 0 Å². The van der Waals surface area contributed by atoms with Gasteiger partial charge in [-0.25, -0.2) is 13.1 Å². The Labute approximate surface area is 126 Å². The normalized spacial score (nSPS) is 18.9. The lowest BCUT2D eigenvalue weighted by atomic mass is 9.95. The van der Waals surface area contributed by atoms with Crippen LogP contribution in [0.25, 0.3) is 0 Å². The number of rotatable bonds is 4. The first-order valence-corrected chi connectivity index (χ1v) is 8.45. The number of nitrogen functional groups attached to an aromatic ring is 1. The predicted molar refractivity (Wildman–Crippen MR) is 78.7 cm³/mol. The highest BCUT2D eigenvalue weighted by atomic mass is 79.9. The van der Waals surface area contributed by atoms with Gasteiger partial charge >= 0.3 is 0 Å². The fraction of sp³-hybridized carbons (Fsp3) is 0.500. The summed E-state index contributed by atoms with van der Waals surface area (Å²) in [5, 5.41) is 10.3. The Morgan fingerprint density at radius 1 is 1.40 bits per heavy atom. The van der Waals surface area contributed by atoms with Gasteiger partial charge in [-0.2, -0.15) is 0 Å². The van der Waals surface area contributed by atoms with Crippen molar-refractivity contribution in [2.45, 2.75) is 23.3 Å². The number of benzene rings is 1. The van der Waals surface area contributed by atoms with Gasteiger partial charge < -0.3 is 15.6 Å². The molecule has 0 bridgehead atoms. The second-order valence-electron chi connectivity index (χ2n) is 4.84. The minimum absolute atomic E-state index is 0.00235. The van der Waals surface area contributed by atoms with E-state index in [9.17, 15) is 13.5 Å². The minimum atomic E-state index is -3.76. The van der Waals surface area contributed by atoms with Gasteiger partial charge in [0.2, 0.25) is 10.0 Å². The number of aliphatic hydroxyl groups is 1. The smallest absolute Gasteiger partial charge is 0.242 e. The maximum Gasteiger partial charge on any atom is 0.242 e. The fourth-order valence-electron chi connectivity index (χ4n) is 1.98. The molecular formula is C12H17BrN2O4S. The van der Waals surface area contributed by atoms with Crippen LogP contribution in [-0.2, 0) is 14.8 Å². The van der Waals surface area contributed by atoms with E-state index < -0.39 is 15.6 Å². The zero-order valence-corrected chi connectivity index (χ0v) is 13.2. The molecule has 0 aliphatic carbocycles. The number of hydrogen-bond acceptors (Lipinski definition) is 5. The third kappa shape index (κ3) is 3.70. The number of nitrogens with two attached hydrogens (primary N) is 1. The van der Waals surface area contributed by atoms with E-state index in [1.807, 2.05) is 0 Å². The van der Waals surface area contributed by atoms with E-state index in [-0.39, 0.29) is 17.1 Å². The van der Waals surface area contributed by atoms with Crippen LogP contribution in [0.4, 0.5) is 5.69 Å². The van der Waals surface area contributed by atoms with Gasteiger partial charge in [0.15, 0.2) is 0 Å². The van der Waals surface area contributed by atoms with Crippen LogP contribution in [0.1, 0.15) is 12.8 Å². The topological polar surface area (TPSA) is 102 Å². The van der Waals surface area contributed by atoms with Crippen molar-refractivity contribution in [3.8, 4) is 0 Å².